The number of carbonyl (C=O) groups is 1. The number of carbonyl (C=O) groups excluding carboxylic acids is 1. The van der Waals surface area contributed by atoms with Gasteiger partial charge in [-0.3, -0.25) is 4.79 Å². The highest BCUT2D eigenvalue weighted by Crippen LogP contribution is 2.29. The molecule has 100 valence electrons. The van der Waals surface area contributed by atoms with E-state index in [2.05, 4.69) is 26.1 Å². The molecule has 0 aliphatic heterocycles. The molecule has 3 N–H and O–H groups in total. The van der Waals surface area contributed by atoms with Crippen molar-refractivity contribution in [3.63, 3.8) is 0 Å². The lowest BCUT2D eigenvalue weighted by atomic mass is 9.78. The maximum atomic E-state index is 12.1. The third kappa shape index (κ3) is 4.30. The summed E-state index contributed by atoms with van der Waals surface area (Å²) in [5.41, 5.74) is 5.98. The van der Waals surface area contributed by atoms with Gasteiger partial charge < -0.3 is 11.1 Å². The van der Waals surface area contributed by atoms with Gasteiger partial charge >= 0.3 is 0 Å². The Kier molecular flexibility index (Phi) is 5.44. The molecule has 3 heteroatoms. The van der Waals surface area contributed by atoms with Crippen LogP contribution in [0.2, 0.25) is 0 Å². The second-order valence-electron chi connectivity index (χ2n) is 6.02. The highest BCUT2D eigenvalue weighted by molar-refractivity contribution is 5.78. The van der Waals surface area contributed by atoms with Crippen LogP contribution in [-0.4, -0.2) is 18.0 Å². The molecule has 0 aromatic carbocycles. The molecule has 0 heterocycles. The zero-order valence-electron chi connectivity index (χ0n) is 11.7. The Balaban J connectivity index is 2.45. The quantitative estimate of drug-likeness (QED) is 0.792. The number of nitrogens with one attached hydrogen (secondary N) is 1. The van der Waals surface area contributed by atoms with Crippen molar-refractivity contribution in [3.05, 3.63) is 0 Å². The van der Waals surface area contributed by atoms with Crippen LogP contribution in [0.1, 0.15) is 53.4 Å². The van der Waals surface area contributed by atoms with E-state index in [0.717, 1.165) is 19.3 Å². The molecule has 0 radical (unpaired) electrons. The molecule has 1 fully saturated rings. The smallest absolute Gasteiger partial charge is 0.223 e. The van der Waals surface area contributed by atoms with Crippen molar-refractivity contribution < 1.29 is 4.79 Å². The van der Waals surface area contributed by atoms with Crippen molar-refractivity contribution in [2.75, 3.05) is 0 Å². The fourth-order valence-corrected chi connectivity index (χ4v) is 2.46. The highest BCUT2D eigenvalue weighted by atomic mass is 16.1. The van der Waals surface area contributed by atoms with Crippen LogP contribution in [0.3, 0.4) is 0 Å². The molecule has 17 heavy (non-hydrogen) atoms. The van der Waals surface area contributed by atoms with Gasteiger partial charge in [-0.1, -0.05) is 27.2 Å². The Bertz CT molecular complexity index is 253. The minimum absolute atomic E-state index is 0.0996. The van der Waals surface area contributed by atoms with E-state index in [-0.39, 0.29) is 17.9 Å². The van der Waals surface area contributed by atoms with Crippen molar-refractivity contribution in [2.45, 2.75) is 65.5 Å². The first-order valence-corrected chi connectivity index (χ1v) is 6.97. The first kappa shape index (κ1) is 14.5. The lowest BCUT2D eigenvalue weighted by Crippen LogP contribution is -2.43. The number of hydrogen-bond donors (Lipinski definition) is 2. The van der Waals surface area contributed by atoms with Crippen LogP contribution >= 0.6 is 0 Å². The molecule has 0 spiro atoms. The van der Waals surface area contributed by atoms with Gasteiger partial charge in [0.15, 0.2) is 0 Å². The Morgan fingerprint density at radius 3 is 2.41 bits per heavy atom. The molecule has 0 saturated heterocycles. The zero-order valence-corrected chi connectivity index (χ0v) is 11.7. The Morgan fingerprint density at radius 1 is 1.24 bits per heavy atom. The van der Waals surface area contributed by atoms with Crippen LogP contribution in [0.15, 0.2) is 0 Å². The molecule has 1 aliphatic carbocycles. The van der Waals surface area contributed by atoms with Crippen LogP contribution in [0, 0.1) is 17.8 Å². The topological polar surface area (TPSA) is 55.1 Å². The molecule has 0 aromatic rings. The molecule has 0 aromatic heterocycles. The SMILES string of the molecule is CC(C)C(C)NC(=O)C(C)C1CCCC(N)C1. The molecular formula is C14H28N2O. The first-order chi connectivity index (χ1) is 7.91. The highest BCUT2D eigenvalue weighted by Gasteiger charge is 2.29. The van der Waals surface area contributed by atoms with Gasteiger partial charge in [0.2, 0.25) is 5.91 Å². The number of nitrogens with two attached hydrogens (primary N) is 1. The van der Waals surface area contributed by atoms with Gasteiger partial charge in [0, 0.05) is 18.0 Å². The van der Waals surface area contributed by atoms with Gasteiger partial charge in [0.1, 0.15) is 0 Å². The summed E-state index contributed by atoms with van der Waals surface area (Å²) in [6.07, 6.45) is 4.44. The van der Waals surface area contributed by atoms with Crippen molar-refractivity contribution >= 4 is 5.91 Å². The Hall–Kier alpha value is -0.570. The second kappa shape index (κ2) is 6.39. The lowest BCUT2D eigenvalue weighted by Gasteiger charge is -2.31. The van der Waals surface area contributed by atoms with E-state index in [1.54, 1.807) is 0 Å². The van der Waals surface area contributed by atoms with E-state index in [1.165, 1.54) is 6.42 Å². The lowest BCUT2D eigenvalue weighted by molar-refractivity contribution is -0.127. The average Bonchev–Trinajstić information content (AvgIpc) is 2.27. The van der Waals surface area contributed by atoms with Gasteiger partial charge in [0.05, 0.1) is 0 Å². The van der Waals surface area contributed by atoms with Crippen molar-refractivity contribution in [2.24, 2.45) is 23.5 Å². The molecular weight excluding hydrogens is 212 g/mol. The van der Waals surface area contributed by atoms with Crippen LogP contribution in [0.5, 0.6) is 0 Å². The summed E-state index contributed by atoms with van der Waals surface area (Å²) in [6.45, 7) is 8.38. The molecule has 1 rings (SSSR count). The summed E-state index contributed by atoms with van der Waals surface area (Å²) in [4.78, 5) is 12.1. The summed E-state index contributed by atoms with van der Waals surface area (Å²) in [7, 11) is 0. The van der Waals surface area contributed by atoms with Crippen LogP contribution in [0.25, 0.3) is 0 Å². The van der Waals surface area contributed by atoms with Crippen LogP contribution in [-0.2, 0) is 4.79 Å². The molecule has 0 bridgehead atoms. The van der Waals surface area contributed by atoms with Gasteiger partial charge in [-0.2, -0.15) is 0 Å². The summed E-state index contributed by atoms with van der Waals surface area (Å²) in [5.74, 6) is 1.26. The van der Waals surface area contributed by atoms with Gasteiger partial charge in [0.25, 0.3) is 0 Å². The summed E-state index contributed by atoms with van der Waals surface area (Å²) >= 11 is 0. The maximum absolute atomic E-state index is 12.1. The van der Waals surface area contributed by atoms with E-state index in [4.69, 9.17) is 5.73 Å². The predicted molar refractivity (Wildman–Crippen MR) is 71.5 cm³/mol. The Morgan fingerprint density at radius 2 is 1.88 bits per heavy atom. The van der Waals surface area contributed by atoms with Crippen LogP contribution in [0.4, 0.5) is 0 Å². The molecule has 4 unspecified atom stereocenters. The third-order valence-corrected chi connectivity index (χ3v) is 4.25. The van der Waals surface area contributed by atoms with Gasteiger partial charge in [-0.15, -0.1) is 0 Å². The monoisotopic (exact) mass is 240 g/mol. The first-order valence-electron chi connectivity index (χ1n) is 6.97. The normalized spacial score (nSPS) is 28.8. The fraction of sp³-hybridized carbons (Fsp3) is 0.929. The zero-order chi connectivity index (χ0) is 13.0. The molecule has 1 aliphatic rings. The summed E-state index contributed by atoms with van der Waals surface area (Å²) < 4.78 is 0. The average molecular weight is 240 g/mol. The largest absolute Gasteiger partial charge is 0.353 e. The summed E-state index contributed by atoms with van der Waals surface area (Å²) in [6, 6.07) is 0.550. The second-order valence-corrected chi connectivity index (χ2v) is 6.02. The molecule has 1 saturated carbocycles. The van der Waals surface area contributed by atoms with Crippen molar-refractivity contribution in [1.29, 1.82) is 0 Å². The summed E-state index contributed by atoms with van der Waals surface area (Å²) in [5, 5.41) is 3.11. The van der Waals surface area contributed by atoms with Gasteiger partial charge in [-0.05, 0) is 38.0 Å². The van der Waals surface area contributed by atoms with Crippen LogP contribution < -0.4 is 11.1 Å². The third-order valence-electron chi connectivity index (χ3n) is 4.25. The standard InChI is InChI=1S/C14H28N2O/c1-9(2)11(4)16-14(17)10(3)12-6-5-7-13(15)8-12/h9-13H,5-8,15H2,1-4H3,(H,16,17). The number of rotatable bonds is 4. The van der Waals surface area contributed by atoms with E-state index < -0.39 is 0 Å². The van der Waals surface area contributed by atoms with E-state index in [9.17, 15) is 4.79 Å². The van der Waals surface area contributed by atoms with E-state index in [0.29, 0.717) is 17.9 Å². The van der Waals surface area contributed by atoms with Crippen molar-refractivity contribution in [3.8, 4) is 0 Å². The molecule has 1 amide bonds. The van der Waals surface area contributed by atoms with Gasteiger partial charge in [-0.25, -0.2) is 0 Å². The van der Waals surface area contributed by atoms with E-state index in [1.807, 2.05) is 6.92 Å². The molecule has 4 atom stereocenters. The maximum Gasteiger partial charge on any atom is 0.223 e. The Labute approximate surface area is 106 Å². The predicted octanol–water partition coefficient (Wildman–Crippen LogP) is 2.30. The van der Waals surface area contributed by atoms with Crippen molar-refractivity contribution in [1.82, 2.24) is 5.32 Å². The molecule has 3 nitrogen and oxygen atoms in total. The fourth-order valence-electron chi connectivity index (χ4n) is 2.46. The minimum Gasteiger partial charge on any atom is -0.353 e. The number of hydrogen-bond acceptors (Lipinski definition) is 2. The minimum atomic E-state index is 0.0996. The van der Waals surface area contributed by atoms with E-state index >= 15 is 0 Å². The number of amides is 1.